The third kappa shape index (κ3) is 3.65. The number of ether oxygens (including phenoxy) is 4. The maximum Gasteiger partial charge on any atom is 0.174 e. The van der Waals surface area contributed by atoms with E-state index in [1.807, 2.05) is 0 Å². The van der Waals surface area contributed by atoms with E-state index in [1.165, 1.54) is 0 Å². The summed E-state index contributed by atoms with van der Waals surface area (Å²) in [5, 5.41) is 0. The van der Waals surface area contributed by atoms with Crippen molar-refractivity contribution >= 4 is 0 Å². The first-order chi connectivity index (χ1) is 8.66. The molecule has 0 aromatic heterocycles. The fourth-order valence-corrected chi connectivity index (χ4v) is 2.05. The predicted molar refractivity (Wildman–Crippen MR) is 70.2 cm³/mol. The van der Waals surface area contributed by atoms with Gasteiger partial charge in [0, 0.05) is 54.1 Å². The Morgan fingerprint density at radius 1 is 0.556 bits per heavy atom. The lowest BCUT2D eigenvalue weighted by atomic mass is 10.0. The van der Waals surface area contributed by atoms with E-state index in [1.54, 1.807) is 28.4 Å². The lowest BCUT2D eigenvalue weighted by Gasteiger charge is -2.31. The van der Waals surface area contributed by atoms with Crippen molar-refractivity contribution < 1.29 is 18.9 Å². The highest BCUT2D eigenvalue weighted by Crippen LogP contribution is 2.27. The summed E-state index contributed by atoms with van der Waals surface area (Å²) < 4.78 is 21.9. The Morgan fingerprint density at radius 2 is 0.778 bits per heavy atom. The smallest absolute Gasteiger partial charge is 0.174 e. The van der Waals surface area contributed by atoms with Crippen molar-refractivity contribution in [2.45, 2.75) is 37.3 Å². The maximum absolute atomic E-state index is 5.48. The van der Waals surface area contributed by atoms with Crippen LogP contribution in [0.25, 0.3) is 0 Å². The SMILES string of the molecule is COC1(OC)C/C=C\CC(OC)(OC)C/C=C\C1. The fraction of sp³-hybridized carbons (Fsp3) is 0.714. The zero-order valence-electron chi connectivity index (χ0n) is 11.8. The molecule has 1 aliphatic rings. The van der Waals surface area contributed by atoms with Crippen molar-refractivity contribution in [3.05, 3.63) is 24.3 Å². The Balaban J connectivity index is 2.81. The van der Waals surface area contributed by atoms with Crippen LogP contribution in [0.3, 0.4) is 0 Å². The Hall–Kier alpha value is -0.680. The van der Waals surface area contributed by atoms with Gasteiger partial charge in [0.2, 0.25) is 0 Å². The van der Waals surface area contributed by atoms with Gasteiger partial charge in [-0.05, 0) is 0 Å². The second-order valence-electron chi connectivity index (χ2n) is 4.40. The molecule has 0 saturated heterocycles. The average molecular weight is 256 g/mol. The van der Waals surface area contributed by atoms with Crippen molar-refractivity contribution in [2.75, 3.05) is 28.4 Å². The molecule has 0 radical (unpaired) electrons. The fourth-order valence-electron chi connectivity index (χ4n) is 2.05. The van der Waals surface area contributed by atoms with Gasteiger partial charge in [0.1, 0.15) is 0 Å². The first-order valence-corrected chi connectivity index (χ1v) is 6.16. The average Bonchev–Trinajstić information content (AvgIpc) is 2.44. The third-order valence-electron chi connectivity index (χ3n) is 3.54. The molecule has 0 unspecified atom stereocenters. The summed E-state index contributed by atoms with van der Waals surface area (Å²) in [6.45, 7) is 0. The monoisotopic (exact) mass is 256 g/mol. The van der Waals surface area contributed by atoms with Crippen molar-refractivity contribution in [2.24, 2.45) is 0 Å². The Labute approximate surface area is 110 Å². The van der Waals surface area contributed by atoms with Crippen molar-refractivity contribution in [1.29, 1.82) is 0 Å². The molecule has 0 bridgehead atoms. The topological polar surface area (TPSA) is 36.9 Å². The second-order valence-corrected chi connectivity index (χ2v) is 4.40. The van der Waals surface area contributed by atoms with Gasteiger partial charge in [0.05, 0.1) is 0 Å². The molecule has 104 valence electrons. The van der Waals surface area contributed by atoms with Crippen LogP contribution < -0.4 is 0 Å². The molecule has 0 aromatic carbocycles. The first kappa shape index (κ1) is 15.4. The van der Waals surface area contributed by atoms with E-state index in [-0.39, 0.29) is 0 Å². The number of hydrogen-bond donors (Lipinski definition) is 0. The lowest BCUT2D eigenvalue weighted by Crippen LogP contribution is -2.34. The minimum absolute atomic E-state index is 0.562. The number of rotatable bonds is 4. The Kier molecular flexibility index (Phi) is 6.02. The van der Waals surface area contributed by atoms with E-state index in [9.17, 15) is 0 Å². The molecule has 1 aliphatic carbocycles. The summed E-state index contributed by atoms with van der Waals surface area (Å²) in [6.07, 6.45) is 11.0. The second kappa shape index (κ2) is 7.04. The van der Waals surface area contributed by atoms with Crippen LogP contribution in [0, 0.1) is 0 Å². The third-order valence-corrected chi connectivity index (χ3v) is 3.54. The van der Waals surface area contributed by atoms with Crippen molar-refractivity contribution in [1.82, 2.24) is 0 Å². The summed E-state index contributed by atoms with van der Waals surface area (Å²) in [4.78, 5) is 0. The zero-order valence-corrected chi connectivity index (χ0v) is 11.8. The zero-order chi connectivity index (χ0) is 13.5. The molecule has 0 amide bonds. The van der Waals surface area contributed by atoms with E-state index >= 15 is 0 Å². The van der Waals surface area contributed by atoms with Crippen LogP contribution in [0.4, 0.5) is 0 Å². The van der Waals surface area contributed by atoms with Crippen LogP contribution in [0.1, 0.15) is 25.7 Å². The van der Waals surface area contributed by atoms with Crippen LogP contribution in [0.15, 0.2) is 24.3 Å². The molecule has 0 atom stereocenters. The quantitative estimate of drug-likeness (QED) is 0.572. The Bertz CT molecular complexity index is 238. The Morgan fingerprint density at radius 3 is 0.944 bits per heavy atom. The van der Waals surface area contributed by atoms with Crippen molar-refractivity contribution in [3.8, 4) is 0 Å². The largest absolute Gasteiger partial charge is 0.353 e. The molecule has 0 aromatic rings. The predicted octanol–water partition coefficient (Wildman–Crippen LogP) is 2.65. The van der Waals surface area contributed by atoms with E-state index < -0.39 is 11.6 Å². The lowest BCUT2D eigenvalue weighted by molar-refractivity contribution is -0.206. The molecular weight excluding hydrogens is 232 g/mol. The van der Waals surface area contributed by atoms with Gasteiger partial charge in [0.25, 0.3) is 0 Å². The van der Waals surface area contributed by atoms with Crippen LogP contribution in [0.2, 0.25) is 0 Å². The van der Waals surface area contributed by atoms with Gasteiger partial charge in [-0.1, -0.05) is 24.3 Å². The highest BCUT2D eigenvalue weighted by atomic mass is 16.7. The van der Waals surface area contributed by atoms with Gasteiger partial charge < -0.3 is 18.9 Å². The van der Waals surface area contributed by atoms with Crippen LogP contribution >= 0.6 is 0 Å². The van der Waals surface area contributed by atoms with Crippen molar-refractivity contribution in [3.63, 3.8) is 0 Å². The molecule has 0 fully saturated rings. The highest BCUT2D eigenvalue weighted by molar-refractivity contribution is 5.00. The summed E-state index contributed by atoms with van der Waals surface area (Å²) in [6, 6.07) is 0. The van der Waals surface area contributed by atoms with Gasteiger partial charge in [-0.25, -0.2) is 0 Å². The van der Waals surface area contributed by atoms with Gasteiger partial charge >= 0.3 is 0 Å². The minimum Gasteiger partial charge on any atom is -0.353 e. The molecular formula is C14H24O4. The maximum atomic E-state index is 5.48. The molecule has 0 aliphatic heterocycles. The van der Waals surface area contributed by atoms with Crippen LogP contribution in [-0.4, -0.2) is 40.0 Å². The minimum atomic E-state index is -0.562. The summed E-state index contributed by atoms with van der Waals surface area (Å²) in [5.41, 5.74) is 0. The molecule has 1 rings (SSSR count). The van der Waals surface area contributed by atoms with Gasteiger partial charge in [0.15, 0.2) is 11.6 Å². The molecule has 0 spiro atoms. The van der Waals surface area contributed by atoms with Crippen LogP contribution in [0.5, 0.6) is 0 Å². The summed E-state index contributed by atoms with van der Waals surface area (Å²) in [5.74, 6) is -1.12. The number of hydrogen-bond acceptors (Lipinski definition) is 4. The van der Waals surface area contributed by atoms with E-state index in [0.717, 1.165) is 0 Å². The van der Waals surface area contributed by atoms with Crippen LogP contribution in [-0.2, 0) is 18.9 Å². The summed E-state index contributed by atoms with van der Waals surface area (Å²) >= 11 is 0. The normalized spacial score (nSPS) is 26.4. The molecule has 4 heteroatoms. The van der Waals surface area contributed by atoms with E-state index in [4.69, 9.17) is 18.9 Å². The first-order valence-electron chi connectivity index (χ1n) is 6.16. The highest BCUT2D eigenvalue weighted by Gasteiger charge is 2.30. The van der Waals surface area contributed by atoms with E-state index in [2.05, 4.69) is 24.3 Å². The van der Waals surface area contributed by atoms with Gasteiger partial charge in [-0.15, -0.1) is 0 Å². The molecule has 0 heterocycles. The number of methoxy groups -OCH3 is 4. The molecule has 4 nitrogen and oxygen atoms in total. The molecule has 18 heavy (non-hydrogen) atoms. The van der Waals surface area contributed by atoms with Gasteiger partial charge in [-0.2, -0.15) is 0 Å². The standard InChI is InChI=1S/C14H24O4/c1-15-13(16-2)9-5-7-11-14(17-3,18-4)12-8-6-10-13/h5-8H,9-12H2,1-4H3/b7-5-,8-6-. The van der Waals surface area contributed by atoms with E-state index in [0.29, 0.717) is 25.7 Å². The molecule has 0 N–H and O–H groups in total. The van der Waals surface area contributed by atoms with Gasteiger partial charge in [-0.3, -0.25) is 0 Å². The molecule has 0 saturated carbocycles. The summed E-state index contributed by atoms with van der Waals surface area (Å²) in [7, 11) is 6.69.